The molecule has 29 heavy (non-hydrogen) atoms. The van der Waals surface area contributed by atoms with E-state index in [4.69, 9.17) is 4.74 Å². The fourth-order valence-electron chi connectivity index (χ4n) is 4.45. The Balaban J connectivity index is 1.16. The fraction of sp³-hybridized carbons (Fsp3) is 0.458. The highest BCUT2D eigenvalue weighted by Gasteiger charge is 2.26. The lowest BCUT2D eigenvalue weighted by atomic mass is 10.1. The maximum Gasteiger partial charge on any atom is 0.231 e. The Kier molecular flexibility index (Phi) is 6.35. The minimum Gasteiger partial charge on any atom is -0.495 e. The Labute approximate surface area is 173 Å². The number of hydrogen-bond acceptors (Lipinski definition) is 4. The van der Waals surface area contributed by atoms with Crippen LogP contribution in [0.2, 0.25) is 0 Å². The first-order chi connectivity index (χ1) is 14.3. The highest BCUT2D eigenvalue weighted by Crippen LogP contribution is 2.29. The van der Waals surface area contributed by atoms with E-state index in [1.54, 1.807) is 7.11 Å². The number of rotatable bonds is 8. The van der Waals surface area contributed by atoms with E-state index < -0.39 is 0 Å². The highest BCUT2D eigenvalue weighted by molar-refractivity contribution is 6.01. The Morgan fingerprint density at radius 3 is 2.31 bits per heavy atom. The summed E-state index contributed by atoms with van der Waals surface area (Å²) in [4.78, 5) is 19.2. The molecule has 1 saturated heterocycles. The van der Waals surface area contributed by atoms with Crippen molar-refractivity contribution in [1.82, 2.24) is 4.90 Å². The van der Waals surface area contributed by atoms with Gasteiger partial charge in [0.25, 0.3) is 0 Å². The van der Waals surface area contributed by atoms with E-state index in [2.05, 4.69) is 34.1 Å². The summed E-state index contributed by atoms with van der Waals surface area (Å²) in [6.07, 6.45) is 3.99. The standard InChI is InChI=1S/C24H31N3O2/c1-29-23-12-6-5-11-22(23)26-17-15-25(16-18-26)13-7-2-8-14-27-21-10-4-3-9-20(21)19-24(27)28/h3-6,9-12H,2,7-8,13-19H2,1H3. The monoisotopic (exact) mass is 393 g/mol. The molecule has 0 aromatic heterocycles. The summed E-state index contributed by atoms with van der Waals surface area (Å²) in [6, 6.07) is 16.5. The van der Waals surface area contributed by atoms with Crippen LogP contribution in [0.15, 0.2) is 48.5 Å². The summed E-state index contributed by atoms with van der Waals surface area (Å²) in [5.41, 5.74) is 3.49. The molecule has 0 N–H and O–H groups in total. The van der Waals surface area contributed by atoms with Gasteiger partial charge >= 0.3 is 0 Å². The van der Waals surface area contributed by atoms with E-state index in [9.17, 15) is 4.79 Å². The number of methoxy groups -OCH3 is 1. The van der Waals surface area contributed by atoms with Crippen molar-refractivity contribution in [1.29, 1.82) is 0 Å². The van der Waals surface area contributed by atoms with Gasteiger partial charge in [-0.25, -0.2) is 0 Å². The Bertz CT molecular complexity index is 830. The van der Waals surface area contributed by atoms with E-state index >= 15 is 0 Å². The molecule has 1 amide bonds. The lowest BCUT2D eigenvalue weighted by molar-refractivity contribution is -0.117. The predicted molar refractivity (Wildman–Crippen MR) is 118 cm³/mol. The van der Waals surface area contributed by atoms with Crippen molar-refractivity contribution in [3.8, 4) is 5.75 Å². The Hall–Kier alpha value is -2.53. The average molecular weight is 394 g/mol. The molecule has 0 aliphatic carbocycles. The summed E-state index contributed by atoms with van der Waals surface area (Å²) < 4.78 is 5.51. The van der Waals surface area contributed by atoms with Crippen LogP contribution in [0, 0.1) is 0 Å². The topological polar surface area (TPSA) is 36.0 Å². The second-order valence-electron chi connectivity index (χ2n) is 7.91. The van der Waals surface area contributed by atoms with Gasteiger partial charge in [0.1, 0.15) is 5.75 Å². The van der Waals surface area contributed by atoms with Crippen molar-refractivity contribution < 1.29 is 9.53 Å². The SMILES string of the molecule is COc1ccccc1N1CCN(CCCCCN2C(=O)Cc3ccccc32)CC1. The summed E-state index contributed by atoms with van der Waals surface area (Å²) in [5.74, 6) is 1.21. The smallest absolute Gasteiger partial charge is 0.231 e. The first-order valence-electron chi connectivity index (χ1n) is 10.7. The molecule has 0 bridgehead atoms. The van der Waals surface area contributed by atoms with E-state index in [1.807, 2.05) is 29.2 Å². The number of unbranched alkanes of at least 4 members (excludes halogenated alkanes) is 2. The molecule has 0 atom stereocenters. The lowest BCUT2D eigenvalue weighted by Gasteiger charge is -2.36. The first kappa shape index (κ1) is 19.8. The number of carbonyl (C=O) groups is 1. The molecule has 2 aromatic rings. The molecule has 5 nitrogen and oxygen atoms in total. The van der Waals surface area contributed by atoms with Gasteiger partial charge in [-0.1, -0.05) is 36.8 Å². The van der Waals surface area contributed by atoms with E-state index in [0.717, 1.165) is 57.1 Å². The predicted octanol–water partition coefficient (Wildman–Crippen LogP) is 3.58. The molecule has 0 saturated carbocycles. The molecule has 4 rings (SSSR count). The van der Waals surface area contributed by atoms with Crippen LogP contribution in [0.3, 0.4) is 0 Å². The largest absolute Gasteiger partial charge is 0.495 e. The normalized spacial score (nSPS) is 16.9. The van der Waals surface area contributed by atoms with Crippen molar-refractivity contribution >= 4 is 17.3 Å². The van der Waals surface area contributed by atoms with Crippen LogP contribution >= 0.6 is 0 Å². The highest BCUT2D eigenvalue weighted by atomic mass is 16.5. The number of para-hydroxylation sites is 3. The zero-order chi connectivity index (χ0) is 20.1. The maximum absolute atomic E-state index is 12.2. The van der Waals surface area contributed by atoms with Crippen molar-refractivity contribution in [2.75, 3.05) is 56.2 Å². The third-order valence-corrected chi connectivity index (χ3v) is 6.08. The number of hydrogen-bond donors (Lipinski definition) is 0. The second kappa shape index (κ2) is 9.31. The molecule has 2 aliphatic rings. The molecule has 0 unspecified atom stereocenters. The van der Waals surface area contributed by atoms with Gasteiger partial charge in [-0.2, -0.15) is 0 Å². The summed E-state index contributed by atoms with van der Waals surface area (Å²) in [6.45, 7) is 6.26. The first-order valence-corrected chi connectivity index (χ1v) is 10.7. The number of carbonyl (C=O) groups excluding carboxylic acids is 1. The van der Waals surface area contributed by atoms with Crippen molar-refractivity contribution in [3.05, 3.63) is 54.1 Å². The van der Waals surface area contributed by atoms with Crippen molar-refractivity contribution in [3.63, 3.8) is 0 Å². The molecule has 0 radical (unpaired) electrons. The van der Waals surface area contributed by atoms with Gasteiger partial charge in [0.2, 0.25) is 5.91 Å². The number of ether oxygens (including phenoxy) is 1. The van der Waals surface area contributed by atoms with Crippen molar-refractivity contribution in [2.24, 2.45) is 0 Å². The van der Waals surface area contributed by atoms with Gasteiger partial charge in [0.15, 0.2) is 0 Å². The molecule has 5 heteroatoms. The van der Waals surface area contributed by atoms with Gasteiger partial charge in [-0.05, 0) is 43.1 Å². The van der Waals surface area contributed by atoms with Crippen LogP contribution in [0.1, 0.15) is 24.8 Å². The van der Waals surface area contributed by atoms with Gasteiger partial charge in [-0.15, -0.1) is 0 Å². The van der Waals surface area contributed by atoms with Gasteiger partial charge in [0, 0.05) is 38.4 Å². The van der Waals surface area contributed by atoms with Gasteiger partial charge in [-0.3, -0.25) is 9.69 Å². The van der Waals surface area contributed by atoms with Crippen LogP contribution in [0.4, 0.5) is 11.4 Å². The minimum absolute atomic E-state index is 0.249. The molecule has 2 aliphatic heterocycles. The molecular formula is C24H31N3O2. The quantitative estimate of drug-likeness (QED) is 0.643. The van der Waals surface area contributed by atoms with Crippen molar-refractivity contribution in [2.45, 2.75) is 25.7 Å². The van der Waals surface area contributed by atoms with Crippen LogP contribution in [-0.2, 0) is 11.2 Å². The zero-order valence-corrected chi connectivity index (χ0v) is 17.3. The molecule has 2 aromatic carbocycles. The Morgan fingerprint density at radius 2 is 1.52 bits per heavy atom. The van der Waals surface area contributed by atoms with E-state index in [1.165, 1.54) is 24.1 Å². The number of anilines is 2. The van der Waals surface area contributed by atoms with Crippen LogP contribution in [0.25, 0.3) is 0 Å². The third kappa shape index (κ3) is 4.56. The molecule has 1 fully saturated rings. The summed E-state index contributed by atoms with van der Waals surface area (Å²) in [7, 11) is 1.74. The summed E-state index contributed by atoms with van der Waals surface area (Å²) >= 11 is 0. The minimum atomic E-state index is 0.249. The molecule has 2 heterocycles. The van der Waals surface area contributed by atoms with Gasteiger partial charge in [0.05, 0.1) is 19.2 Å². The number of amides is 1. The van der Waals surface area contributed by atoms with Gasteiger partial charge < -0.3 is 14.5 Å². The molecule has 0 spiro atoms. The molecular weight excluding hydrogens is 362 g/mol. The maximum atomic E-state index is 12.2. The van der Waals surface area contributed by atoms with Crippen LogP contribution in [0.5, 0.6) is 5.75 Å². The van der Waals surface area contributed by atoms with E-state index in [0.29, 0.717) is 6.42 Å². The number of piperazine rings is 1. The zero-order valence-electron chi connectivity index (χ0n) is 17.3. The van der Waals surface area contributed by atoms with E-state index in [-0.39, 0.29) is 5.91 Å². The Morgan fingerprint density at radius 1 is 0.828 bits per heavy atom. The third-order valence-electron chi connectivity index (χ3n) is 6.08. The number of nitrogens with zero attached hydrogens (tertiary/aromatic N) is 3. The summed E-state index contributed by atoms with van der Waals surface area (Å²) in [5, 5.41) is 0. The van der Waals surface area contributed by atoms with Crippen LogP contribution < -0.4 is 14.5 Å². The fourth-order valence-corrected chi connectivity index (χ4v) is 4.45. The lowest BCUT2D eigenvalue weighted by Crippen LogP contribution is -2.46. The molecule has 154 valence electrons. The number of fused-ring (bicyclic) bond motifs is 1. The average Bonchev–Trinajstić information content (AvgIpc) is 3.09. The van der Waals surface area contributed by atoms with Crippen LogP contribution in [-0.4, -0.2) is 57.2 Å². The number of benzene rings is 2. The second-order valence-corrected chi connectivity index (χ2v) is 7.91.